The lowest BCUT2D eigenvalue weighted by atomic mass is 9.99. The van der Waals surface area contributed by atoms with Crippen LogP contribution in [0.2, 0.25) is 0 Å². The molecule has 0 spiro atoms. The molecule has 6 heteroatoms. The van der Waals surface area contributed by atoms with Gasteiger partial charge in [-0.05, 0) is 11.6 Å². The third-order valence-corrected chi connectivity index (χ3v) is 4.89. The second kappa shape index (κ2) is 6.37. The van der Waals surface area contributed by atoms with Crippen molar-refractivity contribution < 1.29 is 19.0 Å². The molecule has 1 saturated heterocycles. The number of fused-ring (bicyclic) bond motifs is 3. The van der Waals surface area contributed by atoms with Crippen LogP contribution >= 0.6 is 0 Å². The molecule has 0 radical (unpaired) electrons. The molecule has 2 heterocycles. The second-order valence-electron chi connectivity index (χ2n) is 6.42. The number of carbonyl (C=O) groups is 1. The summed E-state index contributed by atoms with van der Waals surface area (Å²) >= 11 is 0. The number of nitrogens with one attached hydrogen (secondary N) is 1. The minimum atomic E-state index is -0.437. The number of benzene rings is 2. The Kier molecular flexibility index (Phi) is 4.05. The van der Waals surface area contributed by atoms with E-state index in [4.69, 9.17) is 4.74 Å². The summed E-state index contributed by atoms with van der Waals surface area (Å²) in [4.78, 5) is 14.3. The fourth-order valence-corrected chi connectivity index (χ4v) is 3.68. The minimum absolute atomic E-state index is 0.112. The van der Waals surface area contributed by atoms with Crippen molar-refractivity contribution in [1.82, 2.24) is 10.2 Å². The first-order chi connectivity index (χ1) is 12.2. The van der Waals surface area contributed by atoms with Crippen LogP contribution in [0.1, 0.15) is 17.2 Å². The molecule has 0 unspecified atom stereocenters. The Morgan fingerprint density at radius 3 is 2.80 bits per heavy atom. The maximum absolute atomic E-state index is 14.0. The molecule has 2 aliphatic rings. The molecule has 5 nitrogen and oxygen atoms in total. The van der Waals surface area contributed by atoms with Crippen LogP contribution < -0.4 is 10.1 Å². The summed E-state index contributed by atoms with van der Waals surface area (Å²) in [7, 11) is 0. The number of carbonyl (C=O) groups excluding carboxylic acids is 1. The smallest absolute Gasteiger partial charge is 0.318 e. The molecule has 2 aromatic carbocycles. The molecule has 1 fully saturated rings. The number of halogens is 1. The summed E-state index contributed by atoms with van der Waals surface area (Å²) < 4.78 is 19.8. The average molecular weight is 342 g/mol. The van der Waals surface area contributed by atoms with E-state index < -0.39 is 11.9 Å². The molecule has 2 amide bonds. The highest BCUT2D eigenvalue weighted by Crippen LogP contribution is 2.48. The van der Waals surface area contributed by atoms with E-state index in [0.717, 1.165) is 5.56 Å². The van der Waals surface area contributed by atoms with E-state index in [2.05, 4.69) is 5.32 Å². The van der Waals surface area contributed by atoms with Gasteiger partial charge in [0.2, 0.25) is 0 Å². The van der Waals surface area contributed by atoms with Crippen LogP contribution in [0.5, 0.6) is 5.75 Å². The number of hydrogen-bond acceptors (Lipinski definition) is 3. The summed E-state index contributed by atoms with van der Waals surface area (Å²) in [5, 5.41) is 12.5. The van der Waals surface area contributed by atoms with Gasteiger partial charge in [0.05, 0.1) is 12.6 Å². The first-order valence-corrected chi connectivity index (χ1v) is 8.33. The molecular formula is C19H19FN2O3. The fraction of sp³-hybridized carbons (Fsp3) is 0.316. The van der Waals surface area contributed by atoms with Crippen molar-refractivity contribution in [2.75, 3.05) is 13.2 Å². The van der Waals surface area contributed by atoms with Gasteiger partial charge in [-0.15, -0.1) is 0 Å². The third kappa shape index (κ3) is 2.72. The summed E-state index contributed by atoms with van der Waals surface area (Å²) in [5.41, 5.74) is 1.66. The predicted octanol–water partition coefficient (Wildman–Crippen LogP) is 2.46. The summed E-state index contributed by atoms with van der Waals surface area (Å²) in [6.45, 7) is 0.676. The zero-order chi connectivity index (χ0) is 17.4. The van der Waals surface area contributed by atoms with Gasteiger partial charge in [-0.25, -0.2) is 9.18 Å². The third-order valence-electron chi connectivity index (χ3n) is 4.89. The number of likely N-dealkylation sites (tertiary alicyclic amines) is 1. The lowest BCUT2D eigenvalue weighted by Crippen LogP contribution is -2.40. The Balaban J connectivity index is 1.55. The minimum Gasteiger partial charge on any atom is -0.484 e. The first-order valence-electron chi connectivity index (χ1n) is 8.33. The fourth-order valence-electron chi connectivity index (χ4n) is 3.68. The van der Waals surface area contributed by atoms with Gasteiger partial charge in [0, 0.05) is 24.6 Å². The molecule has 0 aromatic heterocycles. The van der Waals surface area contributed by atoms with Gasteiger partial charge in [-0.1, -0.05) is 42.5 Å². The Hall–Kier alpha value is -2.60. The Labute approximate surface area is 145 Å². The molecule has 2 N–H and O–H groups in total. The van der Waals surface area contributed by atoms with E-state index >= 15 is 0 Å². The Bertz CT molecular complexity index is 783. The SMILES string of the molecule is O=C(NCc1ccccc1)N1C[C@@H](CO)[C@@H]2Oc3c(F)cccc3[C@@H]21. The van der Waals surface area contributed by atoms with Gasteiger partial charge in [0.15, 0.2) is 11.6 Å². The number of nitrogens with zero attached hydrogens (tertiary/aromatic N) is 1. The number of hydrogen-bond donors (Lipinski definition) is 2. The second-order valence-corrected chi connectivity index (χ2v) is 6.42. The largest absolute Gasteiger partial charge is 0.484 e. The van der Waals surface area contributed by atoms with Crippen LogP contribution in [0.15, 0.2) is 48.5 Å². The van der Waals surface area contributed by atoms with Crippen molar-refractivity contribution in [3.8, 4) is 5.75 Å². The summed E-state index contributed by atoms with van der Waals surface area (Å²) in [5.74, 6) is -0.482. The van der Waals surface area contributed by atoms with Crippen LogP contribution in [-0.2, 0) is 6.54 Å². The van der Waals surface area contributed by atoms with Crippen molar-refractivity contribution in [1.29, 1.82) is 0 Å². The van der Waals surface area contributed by atoms with E-state index in [9.17, 15) is 14.3 Å². The predicted molar refractivity (Wildman–Crippen MR) is 89.5 cm³/mol. The number of amides is 2. The highest BCUT2D eigenvalue weighted by molar-refractivity contribution is 5.76. The van der Waals surface area contributed by atoms with E-state index in [0.29, 0.717) is 18.7 Å². The van der Waals surface area contributed by atoms with Crippen LogP contribution in [0.3, 0.4) is 0 Å². The van der Waals surface area contributed by atoms with Crippen molar-refractivity contribution in [2.45, 2.75) is 18.7 Å². The van der Waals surface area contributed by atoms with Crippen molar-refractivity contribution >= 4 is 6.03 Å². The highest BCUT2D eigenvalue weighted by Gasteiger charge is 2.51. The summed E-state index contributed by atoms with van der Waals surface area (Å²) in [6.07, 6.45) is -0.417. The molecule has 130 valence electrons. The van der Waals surface area contributed by atoms with Crippen molar-refractivity contribution in [2.24, 2.45) is 5.92 Å². The molecule has 4 rings (SSSR count). The lowest BCUT2D eigenvalue weighted by Gasteiger charge is -2.23. The number of aliphatic hydroxyl groups is 1. The molecular weight excluding hydrogens is 323 g/mol. The van der Waals surface area contributed by atoms with E-state index in [1.54, 1.807) is 17.0 Å². The number of urea groups is 1. The van der Waals surface area contributed by atoms with Gasteiger partial charge >= 0.3 is 6.03 Å². The van der Waals surface area contributed by atoms with E-state index in [-0.39, 0.29) is 30.3 Å². The number of para-hydroxylation sites is 1. The molecule has 2 aromatic rings. The Morgan fingerprint density at radius 2 is 2.04 bits per heavy atom. The number of rotatable bonds is 3. The van der Waals surface area contributed by atoms with Gasteiger partial charge < -0.3 is 20.1 Å². The van der Waals surface area contributed by atoms with E-state index in [1.807, 2.05) is 30.3 Å². The maximum Gasteiger partial charge on any atom is 0.318 e. The summed E-state index contributed by atoms with van der Waals surface area (Å²) in [6, 6.07) is 13.7. The topological polar surface area (TPSA) is 61.8 Å². The first kappa shape index (κ1) is 15.9. The van der Waals surface area contributed by atoms with Crippen LogP contribution in [-0.4, -0.2) is 35.3 Å². The molecule has 25 heavy (non-hydrogen) atoms. The van der Waals surface area contributed by atoms with Gasteiger partial charge in [0.1, 0.15) is 6.10 Å². The molecule has 0 bridgehead atoms. The average Bonchev–Trinajstić information content (AvgIpc) is 3.19. The quantitative estimate of drug-likeness (QED) is 0.901. The molecule has 2 aliphatic heterocycles. The van der Waals surface area contributed by atoms with Gasteiger partial charge in [0.25, 0.3) is 0 Å². The normalized spacial score (nSPS) is 23.8. The standard InChI is InChI=1S/C19H19FN2O3/c20-15-8-4-7-14-16-17(25-18(14)15)13(11-23)10-22(16)19(24)21-9-12-5-2-1-3-6-12/h1-8,13,16-17,23H,9-11H2,(H,21,24)/t13-,16-,17-/m0/s1. The Morgan fingerprint density at radius 1 is 1.24 bits per heavy atom. The van der Waals surface area contributed by atoms with Gasteiger partial charge in [-0.2, -0.15) is 0 Å². The molecule has 0 saturated carbocycles. The lowest BCUT2D eigenvalue weighted by molar-refractivity contribution is 0.116. The van der Waals surface area contributed by atoms with Crippen molar-refractivity contribution in [3.05, 3.63) is 65.5 Å². The monoisotopic (exact) mass is 342 g/mol. The number of aliphatic hydroxyl groups excluding tert-OH is 1. The highest BCUT2D eigenvalue weighted by atomic mass is 19.1. The zero-order valence-corrected chi connectivity index (χ0v) is 13.6. The van der Waals surface area contributed by atoms with Crippen LogP contribution in [0.25, 0.3) is 0 Å². The maximum atomic E-state index is 14.0. The number of ether oxygens (including phenoxy) is 1. The zero-order valence-electron chi connectivity index (χ0n) is 13.6. The van der Waals surface area contributed by atoms with Gasteiger partial charge in [-0.3, -0.25) is 0 Å². The molecule has 0 aliphatic carbocycles. The van der Waals surface area contributed by atoms with Crippen LogP contribution in [0.4, 0.5) is 9.18 Å². The van der Waals surface area contributed by atoms with Crippen LogP contribution in [0, 0.1) is 11.7 Å². The van der Waals surface area contributed by atoms with Crippen molar-refractivity contribution in [3.63, 3.8) is 0 Å². The van der Waals surface area contributed by atoms with E-state index in [1.165, 1.54) is 6.07 Å². The molecule has 3 atom stereocenters.